The normalized spacial score (nSPS) is 14.9. The Morgan fingerprint density at radius 2 is 1.59 bits per heavy atom. The second-order valence-electron chi connectivity index (χ2n) is 10.4. The van der Waals surface area contributed by atoms with Crippen LogP contribution in [-0.4, -0.2) is 41.2 Å². The van der Waals surface area contributed by atoms with Crippen LogP contribution < -0.4 is 5.56 Å². The Balaban J connectivity index is 1.86. The van der Waals surface area contributed by atoms with E-state index in [0.29, 0.717) is 17.7 Å². The summed E-state index contributed by atoms with van der Waals surface area (Å²) in [7, 11) is 3.64. The molecule has 2 unspecified atom stereocenters. The predicted molar refractivity (Wildman–Crippen MR) is 155 cm³/mol. The van der Waals surface area contributed by atoms with E-state index in [1.54, 1.807) is 24.3 Å². The van der Waals surface area contributed by atoms with Crippen LogP contribution in [0.1, 0.15) is 40.2 Å². The van der Waals surface area contributed by atoms with Crippen molar-refractivity contribution in [2.24, 2.45) is 0 Å². The molecule has 0 saturated carbocycles. The minimum Gasteiger partial charge on any atom is -0.383 e. The predicted octanol–water partition coefficient (Wildman–Crippen LogP) is 6.74. The summed E-state index contributed by atoms with van der Waals surface area (Å²) in [4.78, 5) is 18.2. The number of aliphatic hydroxyl groups is 1. The smallest absolute Gasteiger partial charge is 0.383 e. The second-order valence-corrected chi connectivity index (χ2v) is 10.4. The van der Waals surface area contributed by atoms with Gasteiger partial charge in [-0.3, -0.25) is 4.79 Å². The molecule has 2 atom stereocenters. The van der Waals surface area contributed by atoms with Gasteiger partial charge in [0.15, 0.2) is 0 Å². The summed E-state index contributed by atoms with van der Waals surface area (Å²) < 4.78 is 43.6. The van der Waals surface area contributed by atoms with Crippen LogP contribution in [0.4, 0.5) is 13.2 Å². The van der Waals surface area contributed by atoms with E-state index in [1.807, 2.05) is 61.5 Å². The molecular weight excluding hydrogens is 525 g/mol. The number of rotatable bonds is 8. The number of aromatic amines is 1. The Morgan fingerprint density at radius 3 is 2.32 bits per heavy atom. The van der Waals surface area contributed by atoms with Crippen LogP contribution in [0.3, 0.4) is 0 Å². The molecule has 1 aliphatic rings. The first-order chi connectivity index (χ1) is 19.6. The highest BCUT2D eigenvalue weighted by atomic mass is 19.4. The van der Waals surface area contributed by atoms with Gasteiger partial charge in [0.05, 0.1) is 5.56 Å². The average molecular weight is 555 g/mol. The van der Waals surface area contributed by atoms with Crippen molar-refractivity contribution >= 4 is 11.6 Å². The summed E-state index contributed by atoms with van der Waals surface area (Å²) in [6, 6.07) is 23.2. The molecule has 5 rings (SSSR count). The Labute approximate surface area is 236 Å². The number of H-pyrrole nitrogens is 1. The van der Waals surface area contributed by atoms with E-state index < -0.39 is 28.8 Å². The standard InChI is InChI=1S/C34H29F3N2O2/c1-39(2)20-19-33(41,29-18-10-14-24-13-6-7-15-26(24)29)31(27-16-8-9-17-30(27)34(35,36)37)28-21-25(22-38-32(28)40)23-11-4-3-5-12-23/h3-9,11-17,21-22,31,41H,19-20H2,1-2H3,(H,38,40). The zero-order valence-corrected chi connectivity index (χ0v) is 22.7. The molecule has 1 aromatic heterocycles. The van der Waals surface area contributed by atoms with E-state index in [-0.39, 0.29) is 23.1 Å². The summed E-state index contributed by atoms with van der Waals surface area (Å²) in [5.74, 6) is -1.40. The largest absolute Gasteiger partial charge is 0.416 e. The molecular formula is C34H29F3N2O2. The Kier molecular flexibility index (Phi) is 7.72. The van der Waals surface area contributed by atoms with E-state index in [9.17, 15) is 23.1 Å². The highest BCUT2D eigenvalue weighted by Crippen LogP contribution is 2.49. The number of benzene rings is 3. The van der Waals surface area contributed by atoms with Crippen LogP contribution in [-0.2, 0) is 6.18 Å². The summed E-state index contributed by atoms with van der Waals surface area (Å²) in [5, 5.41) is 12.9. The zero-order chi connectivity index (χ0) is 29.2. The van der Waals surface area contributed by atoms with Gasteiger partial charge in [-0.15, -0.1) is 0 Å². The van der Waals surface area contributed by atoms with Crippen molar-refractivity contribution in [2.45, 2.75) is 24.1 Å². The molecule has 4 aromatic rings. The maximum Gasteiger partial charge on any atom is 0.416 e. The van der Waals surface area contributed by atoms with E-state index in [4.69, 9.17) is 0 Å². The first-order valence-electron chi connectivity index (χ1n) is 13.2. The molecule has 7 heteroatoms. The monoisotopic (exact) mass is 554 g/mol. The zero-order valence-electron chi connectivity index (χ0n) is 22.7. The molecule has 1 heterocycles. The topological polar surface area (TPSA) is 56.3 Å². The van der Waals surface area contributed by atoms with Gasteiger partial charge in [-0.05, 0) is 66.5 Å². The van der Waals surface area contributed by atoms with Crippen molar-refractivity contribution in [1.82, 2.24) is 9.88 Å². The Morgan fingerprint density at radius 1 is 0.902 bits per heavy atom. The van der Waals surface area contributed by atoms with E-state index in [2.05, 4.69) is 16.4 Å². The number of halogens is 3. The summed E-state index contributed by atoms with van der Waals surface area (Å²) in [6.07, 6.45) is -1.46. The summed E-state index contributed by atoms with van der Waals surface area (Å²) in [5.41, 5.74) is 5.36. The lowest BCUT2D eigenvalue weighted by atomic mass is 9.68. The fraction of sp³-hybridized carbons (Fsp3) is 0.206. The van der Waals surface area contributed by atoms with Crippen molar-refractivity contribution in [3.05, 3.63) is 141 Å². The van der Waals surface area contributed by atoms with Crippen LogP contribution in [0.25, 0.3) is 22.8 Å². The fourth-order valence-corrected chi connectivity index (χ4v) is 5.46. The molecule has 0 fully saturated rings. The van der Waals surface area contributed by atoms with Crippen molar-refractivity contribution < 1.29 is 18.3 Å². The number of nitrogens with zero attached hydrogens (tertiary/aromatic N) is 1. The van der Waals surface area contributed by atoms with Crippen LogP contribution in [0, 0.1) is 0 Å². The van der Waals surface area contributed by atoms with Crippen molar-refractivity contribution in [2.75, 3.05) is 20.6 Å². The average Bonchev–Trinajstić information content (AvgIpc) is 2.97. The first-order valence-corrected chi connectivity index (χ1v) is 13.2. The third-order valence-electron chi connectivity index (χ3n) is 7.43. The molecule has 0 aliphatic heterocycles. The molecule has 1 aliphatic carbocycles. The summed E-state index contributed by atoms with van der Waals surface area (Å²) in [6.45, 7) is 0.328. The number of pyridine rings is 1. The molecule has 41 heavy (non-hydrogen) atoms. The molecule has 4 nitrogen and oxygen atoms in total. The maximum atomic E-state index is 14.5. The van der Waals surface area contributed by atoms with Gasteiger partial charge in [0.1, 0.15) is 5.60 Å². The molecule has 0 saturated heterocycles. The number of hydrogen-bond donors (Lipinski definition) is 2. The first kappa shape index (κ1) is 28.2. The van der Waals surface area contributed by atoms with Crippen LogP contribution in [0.2, 0.25) is 0 Å². The minimum atomic E-state index is -4.73. The van der Waals surface area contributed by atoms with Crippen LogP contribution >= 0.6 is 0 Å². The number of fused-ring (bicyclic) bond motifs is 1. The van der Waals surface area contributed by atoms with Gasteiger partial charge in [0.25, 0.3) is 5.56 Å². The van der Waals surface area contributed by atoms with Crippen LogP contribution in [0.5, 0.6) is 0 Å². The van der Waals surface area contributed by atoms with Crippen molar-refractivity contribution in [3.63, 3.8) is 0 Å². The Hall–Kier alpha value is -4.38. The third-order valence-corrected chi connectivity index (χ3v) is 7.43. The SMILES string of the molecule is CN(C)CCC(O)(C1=C=C=Cc2ccccc21)C(c1ccccc1C(F)(F)F)c1cc(-c2ccccc2)c[nH]c1=O. The molecule has 2 N–H and O–H groups in total. The maximum absolute atomic E-state index is 14.5. The van der Waals surface area contributed by atoms with Gasteiger partial charge < -0.3 is 15.0 Å². The number of aromatic nitrogens is 1. The van der Waals surface area contributed by atoms with Gasteiger partial charge in [0, 0.05) is 29.8 Å². The molecule has 0 bridgehead atoms. The van der Waals surface area contributed by atoms with Gasteiger partial charge in [-0.1, -0.05) is 84.3 Å². The van der Waals surface area contributed by atoms with Gasteiger partial charge in [-0.2, -0.15) is 13.2 Å². The highest BCUT2D eigenvalue weighted by molar-refractivity contribution is 5.82. The number of nitrogens with one attached hydrogen (secondary N) is 1. The second kappa shape index (κ2) is 11.2. The van der Waals surface area contributed by atoms with Crippen molar-refractivity contribution in [3.8, 4) is 11.1 Å². The van der Waals surface area contributed by atoms with E-state index in [1.165, 1.54) is 24.4 Å². The number of hydrogen-bond acceptors (Lipinski definition) is 3. The lowest BCUT2D eigenvalue weighted by molar-refractivity contribution is -0.138. The lowest BCUT2D eigenvalue weighted by Crippen LogP contribution is -2.43. The molecule has 0 amide bonds. The quantitative estimate of drug-likeness (QED) is 0.237. The Bertz CT molecular complexity index is 1730. The lowest BCUT2D eigenvalue weighted by Gasteiger charge is -2.40. The van der Waals surface area contributed by atoms with Gasteiger partial charge >= 0.3 is 6.18 Å². The van der Waals surface area contributed by atoms with Crippen LogP contribution in [0.15, 0.2) is 107 Å². The molecule has 0 spiro atoms. The molecule has 208 valence electrons. The van der Waals surface area contributed by atoms with Gasteiger partial charge in [0.2, 0.25) is 0 Å². The molecule has 3 aromatic carbocycles. The fourth-order valence-electron chi connectivity index (χ4n) is 5.46. The van der Waals surface area contributed by atoms with Crippen molar-refractivity contribution in [1.29, 1.82) is 0 Å². The minimum absolute atomic E-state index is 0.0181. The van der Waals surface area contributed by atoms with E-state index in [0.717, 1.165) is 17.2 Å². The highest BCUT2D eigenvalue weighted by Gasteiger charge is 2.48. The van der Waals surface area contributed by atoms with E-state index >= 15 is 0 Å². The van der Waals surface area contributed by atoms with Gasteiger partial charge in [-0.25, -0.2) is 0 Å². The molecule has 0 radical (unpaired) electrons. The number of alkyl halides is 3. The third kappa shape index (κ3) is 5.62. The summed E-state index contributed by atoms with van der Waals surface area (Å²) >= 11 is 0.